The third kappa shape index (κ3) is 13.1. The maximum Gasteiger partial charge on any atom is 0.303 e. The third-order valence-electron chi connectivity index (χ3n) is 13.2. The van der Waals surface area contributed by atoms with E-state index >= 15 is 0 Å². The molecule has 0 radical (unpaired) electrons. The average Bonchev–Trinajstić information content (AvgIpc) is 3.67. The van der Waals surface area contributed by atoms with Gasteiger partial charge in [-0.3, -0.25) is 23.0 Å². The number of aliphatic carboxylic acids is 1. The topological polar surface area (TPSA) is 326 Å². The van der Waals surface area contributed by atoms with Crippen molar-refractivity contribution >= 4 is 95.1 Å². The van der Waals surface area contributed by atoms with E-state index < -0.39 is 87.7 Å². The number of methoxy groups -OCH3 is 2. The first-order valence-corrected chi connectivity index (χ1v) is 30.7. The van der Waals surface area contributed by atoms with Crippen LogP contribution in [-0.2, 0) is 75.6 Å². The number of hydrogen-bond donors (Lipinski definition) is 6. The van der Waals surface area contributed by atoms with Crippen LogP contribution >= 0.6 is 0 Å². The number of nitrogens with zero attached hydrogens (tertiary/aromatic N) is 2. The SMILES string of the molecule is COCCNS(=O)(=O)c1cc(S(=O)(=O)O)cc2c3c(ccc12)[N+](CCCCCC(=O)O)=C(C=CC=CC=CC=C1N(CCOC)c2ccc4c(S(=O)(=O)O)cc(S(=O)(=O)O)cc4c2C1(C)CCCS(=O)(=O)O)C3(C)C. The third-order valence-corrected chi connectivity index (χ3v) is 18.1. The lowest BCUT2D eigenvalue weighted by Gasteiger charge is -2.30. The summed E-state index contributed by atoms with van der Waals surface area (Å²) in [6.07, 6.45) is 13.5. The zero-order chi connectivity index (χ0) is 55.5. The molecule has 0 aromatic heterocycles. The van der Waals surface area contributed by atoms with Crippen LogP contribution in [0.15, 0.2) is 116 Å². The van der Waals surface area contributed by atoms with Crippen molar-refractivity contribution in [2.75, 3.05) is 57.7 Å². The summed E-state index contributed by atoms with van der Waals surface area (Å²) in [5.74, 6) is -1.58. The van der Waals surface area contributed by atoms with E-state index in [-0.39, 0.29) is 72.0 Å². The molecule has 6 N–H and O–H groups in total. The van der Waals surface area contributed by atoms with Gasteiger partial charge in [0.2, 0.25) is 15.7 Å². The predicted octanol–water partition coefficient (Wildman–Crippen LogP) is 6.32. The summed E-state index contributed by atoms with van der Waals surface area (Å²) >= 11 is 0. The van der Waals surface area contributed by atoms with Gasteiger partial charge in [0.1, 0.15) is 11.4 Å². The number of rotatable bonds is 25. The van der Waals surface area contributed by atoms with Crippen LogP contribution in [0, 0.1) is 0 Å². The summed E-state index contributed by atoms with van der Waals surface area (Å²) < 4.78 is 182. The molecule has 0 bridgehead atoms. The van der Waals surface area contributed by atoms with Gasteiger partial charge >= 0.3 is 5.97 Å². The van der Waals surface area contributed by atoms with Gasteiger partial charge in [0.05, 0.1) is 39.1 Å². The zero-order valence-corrected chi connectivity index (χ0v) is 45.7. The normalized spacial score (nSPS) is 18.0. The highest BCUT2D eigenvalue weighted by Gasteiger charge is 2.47. The largest absolute Gasteiger partial charge is 0.481 e. The van der Waals surface area contributed by atoms with E-state index in [1.54, 1.807) is 61.6 Å². The summed E-state index contributed by atoms with van der Waals surface area (Å²) in [6, 6.07) is 10.1. The molecule has 75 heavy (non-hydrogen) atoms. The molecule has 4 aromatic rings. The molecule has 0 saturated carbocycles. The Morgan fingerprint density at radius 2 is 1.27 bits per heavy atom. The van der Waals surface area contributed by atoms with Crippen LogP contribution in [0.1, 0.15) is 70.4 Å². The van der Waals surface area contributed by atoms with E-state index in [1.807, 2.05) is 29.4 Å². The molecule has 2 aliphatic rings. The molecule has 26 heteroatoms. The molecule has 6 rings (SSSR count). The lowest BCUT2D eigenvalue weighted by atomic mass is 9.75. The van der Waals surface area contributed by atoms with Crippen molar-refractivity contribution in [1.82, 2.24) is 4.72 Å². The van der Waals surface area contributed by atoms with Gasteiger partial charge < -0.3 is 19.5 Å². The molecule has 2 aliphatic heterocycles. The summed E-state index contributed by atoms with van der Waals surface area (Å²) in [7, 11) is -21.0. The number of fused-ring (bicyclic) bond motifs is 6. The average molecular weight is 1140 g/mol. The lowest BCUT2D eigenvalue weighted by Crippen LogP contribution is -2.31. The van der Waals surface area contributed by atoms with E-state index in [9.17, 15) is 70.2 Å². The number of allylic oxidation sites excluding steroid dienone is 8. The molecule has 21 nitrogen and oxygen atoms in total. The fourth-order valence-corrected chi connectivity index (χ4v) is 13.7. The monoisotopic (exact) mass is 1140 g/mol. The number of carboxylic acid groups (broad SMARTS) is 1. The predicted molar refractivity (Wildman–Crippen MR) is 281 cm³/mol. The Bertz CT molecular complexity index is 3660. The molecule has 2 heterocycles. The summed E-state index contributed by atoms with van der Waals surface area (Å²) in [6.45, 7) is 6.17. The van der Waals surface area contributed by atoms with Gasteiger partial charge in [-0.05, 0) is 105 Å². The fourth-order valence-electron chi connectivity index (χ4n) is 9.96. The second-order valence-electron chi connectivity index (χ2n) is 18.7. The first-order chi connectivity index (χ1) is 34.9. The first kappa shape index (κ1) is 59.0. The van der Waals surface area contributed by atoms with Crippen LogP contribution in [0.4, 0.5) is 11.4 Å². The van der Waals surface area contributed by atoms with Crippen LogP contribution in [-0.4, -0.2) is 134 Å². The molecule has 1 unspecified atom stereocenters. The Balaban J connectivity index is 1.44. The number of carbonyl (C=O) groups is 1. The van der Waals surface area contributed by atoms with Crippen LogP contribution in [0.3, 0.4) is 0 Å². The van der Waals surface area contributed by atoms with Gasteiger partial charge in [-0.25, -0.2) is 13.1 Å². The zero-order valence-electron chi connectivity index (χ0n) is 41.6. The molecule has 0 aliphatic carbocycles. The number of anilines is 1. The van der Waals surface area contributed by atoms with Crippen LogP contribution < -0.4 is 9.62 Å². The number of ether oxygens (including phenoxy) is 2. The van der Waals surface area contributed by atoms with Crippen molar-refractivity contribution < 1.29 is 84.3 Å². The van der Waals surface area contributed by atoms with Crippen LogP contribution in [0.5, 0.6) is 0 Å². The van der Waals surface area contributed by atoms with Gasteiger partial charge in [0.25, 0.3) is 40.5 Å². The first-order valence-electron chi connectivity index (χ1n) is 23.3. The Morgan fingerprint density at radius 3 is 1.87 bits per heavy atom. The summed E-state index contributed by atoms with van der Waals surface area (Å²) in [5.41, 5.74) is 1.12. The minimum Gasteiger partial charge on any atom is -0.481 e. The minimum absolute atomic E-state index is 0.0135. The number of hydrogen-bond acceptors (Lipinski definition) is 14. The van der Waals surface area contributed by atoms with Crippen molar-refractivity contribution in [2.24, 2.45) is 0 Å². The Kier molecular flexibility index (Phi) is 17.9. The number of benzene rings is 4. The Labute approximate surface area is 437 Å². The van der Waals surface area contributed by atoms with E-state index in [2.05, 4.69) is 4.72 Å². The van der Waals surface area contributed by atoms with Crippen molar-refractivity contribution in [3.63, 3.8) is 0 Å². The summed E-state index contributed by atoms with van der Waals surface area (Å²) in [4.78, 5) is 10.5. The van der Waals surface area contributed by atoms with E-state index in [0.717, 1.165) is 17.8 Å². The molecular formula is C49H60N3O18S5+. The molecule has 0 spiro atoms. The second kappa shape index (κ2) is 22.8. The van der Waals surface area contributed by atoms with Crippen LogP contribution in [0.25, 0.3) is 21.5 Å². The summed E-state index contributed by atoms with van der Waals surface area (Å²) in [5, 5.41) is 9.65. The fraction of sp³-hybridized carbons (Fsp3) is 0.388. The second-order valence-corrected chi connectivity index (χ2v) is 26.2. The highest BCUT2D eigenvalue weighted by Crippen LogP contribution is 2.54. The maximum atomic E-state index is 13.7. The quantitative estimate of drug-likeness (QED) is 0.0183. The van der Waals surface area contributed by atoms with E-state index in [4.69, 9.17) is 9.47 Å². The van der Waals surface area contributed by atoms with Gasteiger partial charge in [-0.2, -0.15) is 38.2 Å². The number of unbranched alkanes of at least 4 members (excludes halogenated alkanes) is 2. The Morgan fingerprint density at radius 1 is 0.680 bits per heavy atom. The Hall–Kier alpha value is -5.23. The minimum atomic E-state index is -5.07. The number of sulfonamides is 1. The van der Waals surface area contributed by atoms with Crippen molar-refractivity contribution in [3.05, 3.63) is 108 Å². The van der Waals surface area contributed by atoms with Crippen LogP contribution in [0.2, 0.25) is 0 Å². The lowest BCUT2D eigenvalue weighted by molar-refractivity contribution is -0.438. The highest BCUT2D eigenvalue weighted by atomic mass is 32.2. The molecule has 0 saturated heterocycles. The molecule has 0 fully saturated rings. The van der Waals surface area contributed by atoms with Gasteiger partial charge in [0, 0.05) is 85.4 Å². The molecule has 408 valence electrons. The van der Waals surface area contributed by atoms with E-state index in [1.165, 1.54) is 26.4 Å². The maximum absolute atomic E-state index is 13.7. The van der Waals surface area contributed by atoms with Gasteiger partial charge in [-0.15, -0.1) is 0 Å². The molecule has 4 aromatic carbocycles. The van der Waals surface area contributed by atoms with Crippen molar-refractivity contribution in [3.8, 4) is 0 Å². The number of carboxylic acids is 1. The van der Waals surface area contributed by atoms with E-state index in [0.29, 0.717) is 60.1 Å². The van der Waals surface area contributed by atoms with Gasteiger partial charge in [0.15, 0.2) is 5.71 Å². The standard InChI is InChI=1S/C49H59N3O18S5/c1-48(2)43(51(24-13-9-12-17-45(53)54)39-20-18-35-37(46(39)48)29-33(73(60,61)62)31-41(35)72(58,59)50-23-26-69-4)15-10-7-6-8-11-16-44-49(3,22-14-28-71(55,56)57)47-38-30-34(74(63,64)65)32-42(75(66,67)68)36(38)19-21-40(47)52(44)25-27-70-5/h6-8,10-11,15-16,18-21,29-32,50H,9,12-14,17,22-28H2,1-5H3,(H4-,53,54,55,56,57,60,61,62,63,64,65,66,67,68)/p+1. The van der Waals surface area contributed by atoms with Crippen molar-refractivity contribution in [1.29, 1.82) is 0 Å². The molecular weight excluding hydrogens is 1080 g/mol. The number of nitrogens with one attached hydrogen (secondary N) is 1. The highest BCUT2D eigenvalue weighted by molar-refractivity contribution is 7.90. The molecule has 0 amide bonds. The molecule has 1 atom stereocenters. The van der Waals surface area contributed by atoms with Crippen molar-refractivity contribution in [2.45, 2.75) is 89.7 Å². The van der Waals surface area contributed by atoms with Gasteiger partial charge in [-0.1, -0.05) is 36.4 Å². The smallest absolute Gasteiger partial charge is 0.303 e.